The minimum Gasteiger partial charge on any atom is -0.396 e. The molecule has 1 aromatic rings. The number of hydrogen-bond donors (Lipinski definition) is 3. The Hall–Kier alpha value is -3.03. The fraction of sp³-hybridized carbons (Fsp3) is 0.143. The molecular weight excluding hydrogens is 287 g/mol. The van der Waals surface area contributed by atoms with Crippen LogP contribution in [0.2, 0.25) is 0 Å². The summed E-state index contributed by atoms with van der Waals surface area (Å²) < 4.78 is 18.3. The van der Waals surface area contributed by atoms with E-state index in [-0.39, 0.29) is 23.7 Å². The van der Waals surface area contributed by atoms with Gasteiger partial charge in [0.2, 0.25) is 5.97 Å². The van der Waals surface area contributed by atoms with Gasteiger partial charge >= 0.3 is 0 Å². The van der Waals surface area contributed by atoms with Crippen molar-refractivity contribution in [3.8, 4) is 0 Å². The monoisotopic (exact) mass is 304 g/mol. The van der Waals surface area contributed by atoms with Gasteiger partial charge in [0.25, 0.3) is 0 Å². The van der Waals surface area contributed by atoms with Crippen molar-refractivity contribution in [3.05, 3.63) is 54.1 Å². The van der Waals surface area contributed by atoms with Crippen LogP contribution in [0.5, 0.6) is 0 Å². The predicted octanol–water partition coefficient (Wildman–Crippen LogP) is 1.35. The molecule has 0 aliphatic rings. The van der Waals surface area contributed by atoms with E-state index in [0.29, 0.717) is 11.4 Å². The van der Waals surface area contributed by atoms with Crippen LogP contribution in [0.3, 0.4) is 0 Å². The Balaban J connectivity index is 3.17. The van der Waals surface area contributed by atoms with E-state index >= 15 is 0 Å². The third-order valence-corrected chi connectivity index (χ3v) is 2.50. The molecule has 0 spiro atoms. The first-order chi connectivity index (χ1) is 10.5. The lowest BCUT2D eigenvalue weighted by Gasteiger charge is -2.03. The Labute approximate surface area is 127 Å². The molecule has 1 heterocycles. The van der Waals surface area contributed by atoms with Crippen LogP contribution in [-0.4, -0.2) is 36.3 Å². The average molecular weight is 304 g/mol. The van der Waals surface area contributed by atoms with Gasteiger partial charge < -0.3 is 16.0 Å². The molecule has 0 saturated carbocycles. The van der Waals surface area contributed by atoms with Crippen molar-refractivity contribution in [3.63, 3.8) is 0 Å². The highest BCUT2D eigenvalue weighted by Crippen LogP contribution is 2.06. The molecule has 0 atom stereocenters. The summed E-state index contributed by atoms with van der Waals surface area (Å²) in [6.45, 7) is 3.50. The number of aliphatic imine (C=N–C) groups is 2. The van der Waals surface area contributed by atoms with Crippen molar-refractivity contribution in [2.45, 2.75) is 0 Å². The SMILES string of the molecule is C=C/C=C(/CN=C(/C=C(\N)C(=N)N)c1ccon1)C(F)=NC. The second kappa shape index (κ2) is 8.30. The molecule has 0 unspecified atom stereocenters. The summed E-state index contributed by atoms with van der Waals surface area (Å²) in [5, 5.41) is 11.0. The number of allylic oxidation sites excluding steroid dienone is 3. The second-order valence-electron chi connectivity index (χ2n) is 4.04. The molecule has 0 aliphatic heterocycles. The van der Waals surface area contributed by atoms with Crippen molar-refractivity contribution >= 4 is 17.5 Å². The van der Waals surface area contributed by atoms with Crippen LogP contribution >= 0.6 is 0 Å². The molecule has 0 radical (unpaired) electrons. The standard InChI is InChI=1S/C14H17FN6O/c1-3-4-9(13(15)19-2)8-20-12(7-10(16)14(17)18)11-5-6-22-21-11/h3-7H,1,8,16H2,2H3,(H3,17,18)/b9-4-,10-7-,19-13?,20-12?. The first kappa shape index (κ1) is 17.0. The first-order valence-electron chi connectivity index (χ1n) is 6.20. The molecule has 0 bridgehead atoms. The van der Waals surface area contributed by atoms with Gasteiger partial charge in [0.1, 0.15) is 17.8 Å². The first-order valence-corrected chi connectivity index (χ1v) is 6.20. The topological polar surface area (TPSA) is 127 Å². The Bertz CT molecular complexity index is 655. The molecule has 1 rings (SSSR count). The van der Waals surface area contributed by atoms with Gasteiger partial charge in [-0.25, -0.2) is 0 Å². The van der Waals surface area contributed by atoms with E-state index < -0.39 is 5.97 Å². The molecule has 22 heavy (non-hydrogen) atoms. The van der Waals surface area contributed by atoms with Crippen LogP contribution in [0, 0.1) is 5.41 Å². The van der Waals surface area contributed by atoms with Gasteiger partial charge in [-0.1, -0.05) is 23.9 Å². The zero-order valence-electron chi connectivity index (χ0n) is 12.1. The molecule has 1 aromatic heterocycles. The van der Waals surface area contributed by atoms with E-state index in [1.54, 1.807) is 6.07 Å². The molecular formula is C14H17FN6O. The number of halogens is 1. The highest BCUT2D eigenvalue weighted by atomic mass is 19.1. The smallest absolute Gasteiger partial charge is 0.213 e. The minimum atomic E-state index is -0.647. The minimum absolute atomic E-state index is 0.0145. The number of hydrogen-bond acceptors (Lipinski definition) is 6. The van der Waals surface area contributed by atoms with Crippen LogP contribution in [0.25, 0.3) is 0 Å². The zero-order chi connectivity index (χ0) is 16.5. The summed E-state index contributed by atoms with van der Waals surface area (Å²) in [7, 11) is 1.34. The van der Waals surface area contributed by atoms with E-state index in [1.807, 2.05) is 0 Å². The lowest BCUT2D eigenvalue weighted by molar-refractivity contribution is 0.418. The highest BCUT2D eigenvalue weighted by Gasteiger charge is 2.09. The Kier molecular flexibility index (Phi) is 6.42. The zero-order valence-corrected chi connectivity index (χ0v) is 12.1. The summed E-state index contributed by atoms with van der Waals surface area (Å²) in [5.41, 5.74) is 11.9. The number of amidine groups is 1. The Morgan fingerprint density at radius 3 is 2.77 bits per heavy atom. The summed E-state index contributed by atoms with van der Waals surface area (Å²) in [4.78, 5) is 7.70. The van der Waals surface area contributed by atoms with Crippen molar-refractivity contribution < 1.29 is 8.91 Å². The Morgan fingerprint density at radius 2 is 2.27 bits per heavy atom. The maximum atomic E-state index is 13.6. The number of nitrogens with one attached hydrogen (secondary N) is 1. The molecule has 5 N–H and O–H groups in total. The van der Waals surface area contributed by atoms with Crippen LogP contribution in [0.15, 0.2) is 62.9 Å². The summed E-state index contributed by atoms with van der Waals surface area (Å²) in [6, 6.07) is 1.56. The van der Waals surface area contributed by atoms with Crippen molar-refractivity contribution in [2.24, 2.45) is 21.5 Å². The van der Waals surface area contributed by atoms with E-state index in [1.165, 1.54) is 31.5 Å². The largest absolute Gasteiger partial charge is 0.396 e. The summed E-state index contributed by atoms with van der Waals surface area (Å²) in [6.07, 6.45) is 5.62. The van der Waals surface area contributed by atoms with Crippen LogP contribution in [0.4, 0.5) is 4.39 Å². The molecule has 0 saturated heterocycles. The lowest BCUT2D eigenvalue weighted by Crippen LogP contribution is -2.21. The van der Waals surface area contributed by atoms with Gasteiger partial charge in [-0.15, -0.1) is 0 Å². The number of aromatic nitrogens is 1. The maximum absolute atomic E-state index is 13.6. The van der Waals surface area contributed by atoms with Crippen LogP contribution in [0.1, 0.15) is 5.69 Å². The van der Waals surface area contributed by atoms with E-state index in [0.717, 1.165) is 0 Å². The quantitative estimate of drug-likeness (QED) is 0.399. The molecule has 0 aromatic carbocycles. The Morgan fingerprint density at radius 1 is 1.55 bits per heavy atom. The fourth-order valence-electron chi connectivity index (χ4n) is 1.41. The van der Waals surface area contributed by atoms with Crippen molar-refractivity contribution in [2.75, 3.05) is 13.6 Å². The third-order valence-electron chi connectivity index (χ3n) is 2.50. The van der Waals surface area contributed by atoms with E-state index in [9.17, 15) is 4.39 Å². The number of rotatable bonds is 7. The predicted molar refractivity (Wildman–Crippen MR) is 84.8 cm³/mol. The average Bonchev–Trinajstić information content (AvgIpc) is 3.03. The second-order valence-corrected chi connectivity index (χ2v) is 4.04. The number of nitrogens with zero attached hydrogens (tertiary/aromatic N) is 3. The maximum Gasteiger partial charge on any atom is 0.213 e. The number of nitrogens with two attached hydrogens (primary N) is 2. The van der Waals surface area contributed by atoms with Gasteiger partial charge in [-0.2, -0.15) is 4.39 Å². The van der Waals surface area contributed by atoms with Crippen molar-refractivity contribution in [1.29, 1.82) is 5.41 Å². The lowest BCUT2D eigenvalue weighted by atomic mass is 10.2. The van der Waals surface area contributed by atoms with Crippen LogP contribution in [-0.2, 0) is 0 Å². The van der Waals surface area contributed by atoms with Gasteiger partial charge in [-0.05, 0) is 6.08 Å². The molecule has 0 amide bonds. The highest BCUT2D eigenvalue weighted by molar-refractivity contribution is 6.11. The van der Waals surface area contributed by atoms with Gasteiger partial charge in [-0.3, -0.25) is 15.4 Å². The van der Waals surface area contributed by atoms with Crippen molar-refractivity contribution in [1.82, 2.24) is 5.16 Å². The summed E-state index contributed by atoms with van der Waals surface area (Å²) in [5.74, 6) is -0.953. The van der Waals surface area contributed by atoms with Crippen LogP contribution < -0.4 is 11.5 Å². The molecule has 116 valence electrons. The van der Waals surface area contributed by atoms with E-state index in [2.05, 4.69) is 21.7 Å². The molecule has 0 aliphatic carbocycles. The van der Waals surface area contributed by atoms with Gasteiger partial charge in [0.15, 0.2) is 0 Å². The molecule has 8 heteroatoms. The summed E-state index contributed by atoms with van der Waals surface area (Å²) >= 11 is 0. The third kappa shape index (κ3) is 4.82. The van der Waals surface area contributed by atoms with Gasteiger partial charge in [0, 0.05) is 18.7 Å². The normalized spacial score (nSPS) is 14.1. The van der Waals surface area contributed by atoms with E-state index in [4.69, 9.17) is 21.4 Å². The van der Waals surface area contributed by atoms with Gasteiger partial charge in [0.05, 0.1) is 18.0 Å². The fourth-order valence-corrected chi connectivity index (χ4v) is 1.41. The molecule has 0 fully saturated rings. The molecule has 7 nitrogen and oxygen atoms in total.